The average Bonchev–Trinajstić information content (AvgIpc) is 3.28. The number of aromatic nitrogens is 1. The summed E-state index contributed by atoms with van der Waals surface area (Å²) >= 11 is 0. The number of aliphatic hydroxyl groups is 1. The smallest absolute Gasteiger partial charge is 0.248 e. The van der Waals surface area contributed by atoms with Crippen LogP contribution < -0.4 is 11.1 Å². The zero-order chi connectivity index (χ0) is 28.7. The molecule has 2 amide bonds. The minimum Gasteiger partial charge on any atom is -0.387 e. The summed E-state index contributed by atoms with van der Waals surface area (Å²) in [6.07, 6.45) is 2.20. The van der Waals surface area contributed by atoms with Crippen LogP contribution >= 0.6 is 0 Å². The number of hydrogen-bond acceptors (Lipinski definition) is 4. The van der Waals surface area contributed by atoms with E-state index in [-0.39, 0.29) is 18.0 Å². The first-order valence-corrected chi connectivity index (χ1v) is 13.1. The van der Waals surface area contributed by atoms with Crippen molar-refractivity contribution in [2.24, 2.45) is 11.1 Å². The van der Waals surface area contributed by atoms with Gasteiger partial charge < -0.3 is 25.6 Å². The van der Waals surface area contributed by atoms with Crippen molar-refractivity contribution in [1.82, 2.24) is 14.8 Å². The maximum absolute atomic E-state index is 14.8. The number of benzene rings is 2. The summed E-state index contributed by atoms with van der Waals surface area (Å²) in [5, 5.41) is 12.6. The highest BCUT2D eigenvalue weighted by molar-refractivity contribution is 5.81. The standard InChI is InChI=1S/C30H38F2N4O3/c1-20(33)29(39)34-13-8-14-36(27(38)19-37)28(30(2,3)4)26-15-22(24-16-23(31)11-12-25(24)32)18-35(26)17-21-9-6-5-7-10-21/h5-7,9-12,15-16,18,20,28,37H,8,13-14,17,19,33H2,1-4H3,(H,34,39). The van der Waals surface area contributed by atoms with Crippen molar-refractivity contribution in [1.29, 1.82) is 0 Å². The number of carbonyl (C=O) groups excluding carboxylic acids is 2. The molecule has 0 fully saturated rings. The molecule has 3 aromatic rings. The second kappa shape index (κ2) is 13.0. The molecule has 0 bridgehead atoms. The highest BCUT2D eigenvalue weighted by atomic mass is 19.1. The second-order valence-corrected chi connectivity index (χ2v) is 10.8. The molecule has 0 radical (unpaired) electrons. The van der Waals surface area contributed by atoms with Crippen LogP contribution in [0.2, 0.25) is 0 Å². The van der Waals surface area contributed by atoms with Crippen molar-refractivity contribution >= 4 is 11.8 Å². The molecule has 0 spiro atoms. The van der Waals surface area contributed by atoms with E-state index in [9.17, 15) is 23.5 Å². The molecule has 0 aliphatic heterocycles. The Hall–Kier alpha value is -3.56. The van der Waals surface area contributed by atoms with Crippen molar-refractivity contribution in [3.8, 4) is 11.1 Å². The molecule has 4 N–H and O–H groups in total. The molecule has 0 saturated carbocycles. The van der Waals surface area contributed by atoms with Gasteiger partial charge in [0.15, 0.2) is 0 Å². The largest absolute Gasteiger partial charge is 0.387 e. The van der Waals surface area contributed by atoms with Gasteiger partial charge in [-0.05, 0) is 48.6 Å². The highest BCUT2D eigenvalue weighted by Crippen LogP contribution is 2.41. The third-order valence-corrected chi connectivity index (χ3v) is 6.52. The van der Waals surface area contributed by atoms with E-state index in [1.807, 2.05) is 55.7 Å². The lowest BCUT2D eigenvalue weighted by Gasteiger charge is -2.41. The Morgan fingerprint density at radius 1 is 1.10 bits per heavy atom. The first-order chi connectivity index (χ1) is 18.4. The van der Waals surface area contributed by atoms with Gasteiger partial charge in [0.2, 0.25) is 11.8 Å². The molecule has 1 heterocycles. The van der Waals surface area contributed by atoms with Crippen LogP contribution in [0.5, 0.6) is 0 Å². The van der Waals surface area contributed by atoms with Crippen LogP contribution in [0.4, 0.5) is 8.78 Å². The van der Waals surface area contributed by atoms with Gasteiger partial charge in [0.05, 0.1) is 12.1 Å². The van der Waals surface area contributed by atoms with E-state index in [0.717, 1.165) is 23.8 Å². The van der Waals surface area contributed by atoms with Crippen molar-refractivity contribution in [3.63, 3.8) is 0 Å². The fourth-order valence-electron chi connectivity index (χ4n) is 4.72. The van der Waals surface area contributed by atoms with Gasteiger partial charge >= 0.3 is 0 Å². The van der Waals surface area contributed by atoms with Crippen LogP contribution in [0.1, 0.15) is 51.4 Å². The van der Waals surface area contributed by atoms with Crippen LogP contribution in [-0.4, -0.2) is 52.1 Å². The minimum atomic E-state index is -0.691. The summed E-state index contributed by atoms with van der Waals surface area (Å²) in [5.41, 5.74) is 7.41. The number of hydrogen-bond donors (Lipinski definition) is 3. The van der Waals surface area contributed by atoms with Crippen LogP contribution in [0.25, 0.3) is 11.1 Å². The molecule has 7 nitrogen and oxygen atoms in total. The van der Waals surface area contributed by atoms with E-state index >= 15 is 0 Å². The van der Waals surface area contributed by atoms with E-state index in [0.29, 0.717) is 30.8 Å². The second-order valence-electron chi connectivity index (χ2n) is 10.8. The van der Waals surface area contributed by atoms with E-state index in [4.69, 9.17) is 5.73 Å². The Morgan fingerprint density at radius 3 is 2.41 bits per heavy atom. The van der Waals surface area contributed by atoms with Crippen molar-refractivity contribution < 1.29 is 23.5 Å². The van der Waals surface area contributed by atoms with Gasteiger partial charge in [0.1, 0.15) is 18.2 Å². The molecule has 1 aromatic heterocycles. The van der Waals surface area contributed by atoms with Gasteiger partial charge in [-0.1, -0.05) is 51.1 Å². The third kappa shape index (κ3) is 7.74. The Kier molecular flexibility index (Phi) is 9.99. The van der Waals surface area contributed by atoms with Crippen LogP contribution in [0, 0.1) is 17.0 Å². The first-order valence-electron chi connectivity index (χ1n) is 13.1. The molecule has 39 heavy (non-hydrogen) atoms. The van der Waals surface area contributed by atoms with E-state index in [1.165, 1.54) is 0 Å². The Bertz CT molecular complexity index is 1270. The quantitative estimate of drug-likeness (QED) is 0.317. The van der Waals surface area contributed by atoms with E-state index in [1.54, 1.807) is 24.1 Å². The summed E-state index contributed by atoms with van der Waals surface area (Å²) < 4.78 is 30.9. The maximum atomic E-state index is 14.8. The number of aliphatic hydroxyl groups excluding tert-OH is 1. The summed E-state index contributed by atoms with van der Waals surface area (Å²) in [5.74, 6) is -1.87. The van der Waals surface area contributed by atoms with Crippen molar-refractivity contribution in [3.05, 3.63) is 83.7 Å². The monoisotopic (exact) mass is 540 g/mol. The fraction of sp³-hybridized carbons (Fsp3) is 0.400. The normalized spacial score (nSPS) is 13.1. The van der Waals surface area contributed by atoms with E-state index < -0.39 is 41.6 Å². The van der Waals surface area contributed by atoms with Crippen LogP contribution in [0.15, 0.2) is 60.8 Å². The van der Waals surface area contributed by atoms with E-state index in [2.05, 4.69) is 5.32 Å². The highest BCUT2D eigenvalue weighted by Gasteiger charge is 2.37. The number of halogens is 2. The number of rotatable bonds is 11. The molecule has 9 heteroatoms. The lowest BCUT2D eigenvalue weighted by Crippen LogP contribution is -2.45. The molecule has 2 atom stereocenters. The summed E-state index contributed by atoms with van der Waals surface area (Å²) in [6.45, 7) is 7.83. The number of carbonyl (C=O) groups is 2. The number of nitrogens with one attached hydrogen (secondary N) is 1. The maximum Gasteiger partial charge on any atom is 0.248 e. The van der Waals surface area contributed by atoms with Crippen molar-refractivity contribution in [2.45, 2.75) is 52.7 Å². The average molecular weight is 541 g/mol. The Labute approximate surface area is 228 Å². The Morgan fingerprint density at radius 2 is 1.79 bits per heavy atom. The molecule has 3 rings (SSSR count). The first kappa shape index (κ1) is 30.0. The van der Waals surface area contributed by atoms with Crippen molar-refractivity contribution in [2.75, 3.05) is 19.7 Å². The summed E-state index contributed by atoms with van der Waals surface area (Å²) in [6, 6.07) is 13.6. The molecule has 2 aromatic carbocycles. The summed E-state index contributed by atoms with van der Waals surface area (Å²) in [7, 11) is 0. The molecule has 0 saturated heterocycles. The lowest BCUT2D eigenvalue weighted by molar-refractivity contribution is -0.139. The Balaban J connectivity index is 2.08. The molecular weight excluding hydrogens is 502 g/mol. The molecular formula is C30H38F2N4O3. The number of amides is 2. The molecule has 0 aliphatic rings. The number of nitrogens with two attached hydrogens (primary N) is 1. The number of nitrogens with zero attached hydrogens (tertiary/aromatic N) is 2. The van der Waals surface area contributed by atoms with Gasteiger partial charge in [0.25, 0.3) is 0 Å². The van der Waals surface area contributed by atoms with Crippen LogP contribution in [-0.2, 0) is 16.1 Å². The fourth-order valence-corrected chi connectivity index (χ4v) is 4.72. The van der Waals surface area contributed by atoms with Gasteiger partial charge in [-0.2, -0.15) is 0 Å². The van der Waals surface area contributed by atoms with Gasteiger partial charge in [-0.3, -0.25) is 9.59 Å². The van der Waals surface area contributed by atoms with Gasteiger partial charge in [-0.15, -0.1) is 0 Å². The molecule has 210 valence electrons. The summed E-state index contributed by atoms with van der Waals surface area (Å²) in [4.78, 5) is 26.6. The zero-order valence-corrected chi connectivity index (χ0v) is 23.0. The molecule has 0 aliphatic carbocycles. The lowest BCUT2D eigenvalue weighted by atomic mass is 9.83. The van der Waals surface area contributed by atoms with Gasteiger partial charge in [-0.25, -0.2) is 8.78 Å². The molecule has 2 unspecified atom stereocenters. The van der Waals surface area contributed by atoms with Gasteiger partial charge in [0, 0.05) is 42.7 Å². The third-order valence-electron chi connectivity index (χ3n) is 6.52. The topological polar surface area (TPSA) is 101 Å². The predicted octanol–water partition coefficient (Wildman–Crippen LogP) is 4.24. The zero-order valence-electron chi connectivity index (χ0n) is 23.0. The SMILES string of the molecule is CC(N)C(=O)NCCCN(C(=O)CO)C(c1cc(-c2cc(F)ccc2F)cn1Cc1ccccc1)C(C)(C)C. The minimum absolute atomic E-state index is 0.120. The predicted molar refractivity (Wildman–Crippen MR) is 148 cm³/mol. The van der Waals surface area contributed by atoms with Crippen LogP contribution in [0.3, 0.4) is 0 Å².